The average Bonchev–Trinajstić information content (AvgIpc) is 2.38. The molecule has 2 unspecified atom stereocenters. The number of ether oxygens (including phenoxy) is 1. The largest absolute Gasteiger partial charge is 0.491 e. The first-order valence-corrected chi connectivity index (χ1v) is 7.18. The lowest BCUT2D eigenvalue weighted by Crippen LogP contribution is -2.36. The standard InChI is InChI=1S/C16H28N2O/c1-6-13(4)18(5)16(11-17)14-8-7-9-15(10-14)19-12(2)3/h7-10,12-13,16H,6,11,17H2,1-5H3. The van der Waals surface area contributed by atoms with Crippen LogP contribution in [0.25, 0.3) is 0 Å². The first kappa shape index (κ1) is 16.0. The summed E-state index contributed by atoms with van der Waals surface area (Å²) in [5.74, 6) is 0.920. The van der Waals surface area contributed by atoms with Gasteiger partial charge < -0.3 is 10.5 Å². The van der Waals surface area contributed by atoms with Gasteiger partial charge in [-0.1, -0.05) is 19.1 Å². The third kappa shape index (κ3) is 4.51. The Morgan fingerprint density at radius 3 is 2.47 bits per heavy atom. The summed E-state index contributed by atoms with van der Waals surface area (Å²) in [7, 11) is 2.14. The Bertz CT molecular complexity index is 379. The van der Waals surface area contributed by atoms with Crippen molar-refractivity contribution in [2.24, 2.45) is 5.73 Å². The summed E-state index contributed by atoms with van der Waals surface area (Å²) < 4.78 is 5.76. The van der Waals surface area contributed by atoms with Crippen LogP contribution in [0.2, 0.25) is 0 Å². The van der Waals surface area contributed by atoms with E-state index in [0.29, 0.717) is 12.6 Å². The molecule has 0 amide bonds. The topological polar surface area (TPSA) is 38.5 Å². The van der Waals surface area contributed by atoms with E-state index < -0.39 is 0 Å². The van der Waals surface area contributed by atoms with Crippen LogP contribution in [-0.4, -0.2) is 30.6 Å². The fourth-order valence-electron chi connectivity index (χ4n) is 2.20. The highest BCUT2D eigenvalue weighted by atomic mass is 16.5. The molecule has 108 valence electrons. The maximum absolute atomic E-state index is 5.97. The number of hydrogen-bond acceptors (Lipinski definition) is 3. The SMILES string of the molecule is CCC(C)N(C)C(CN)c1cccc(OC(C)C)c1. The molecule has 0 fully saturated rings. The van der Waals surface area contributed by atoms with Crippen LogP contribution in [-0.2, 0) is 0 Å². The predicted octanol–water partition coefficient (Wildman–Crippen LogP) is 3.20. The van der Waals surface area contributed by atoms with Crippen molar-refractivity contribution in [3.8, 4) is 5.75 Å². The molecule has 2 N–H and O–H groups in total. The molecule has 1 aromatic carbocycles. The zero-order chi connectivity index (χ0) is 14.4. The molecule has 0 aliphatic rings. The lowest BCUT2D eigenvalue weighted by Gasteiger charge is -2.32. The molecule has 0 bridgehead atoms. The maximum atomic E-state index is 5.97. The Balaban J connectivity index is 2.92. The lowest BCUT2D eigenvalue weighted by molar-refractivity contribution is 0.183. The van der Waals surface area contributed by atoms with E-state index in [1.165, 1.54) is 5.56 Å². The summed E-state index contributed by atoms with van der Waals surface area (Å²) in [5, 5.41) is 0. The quantitative estimate of drug-likeness (QED) is 0.822. The molecule has 19 heavy (non-hydrogen) atoms. The second kappa shape index (κ2) is 7.51. The van der Waals surface area contributed by atoms with Crippen LogP contribution >= 0.6 is 0 Å². The fourth-order valence-corrected chi connectivity index (χ4v) is 2.20. The first-order valence-electron chi connectivity index (χ1n) is 7.18. The van der Waals surface area contributed by atoms with Crippen LogP contribution < -0.4 is 10.5 Å². The highest BCUT2D eigenvalue weighted by Gasteiger charge is 2.19. The molecule has 0 heterocycles. The summed E-state index contributed by atoms with van der Waals surface area (Å²) in [6.07, 6.45) is 1.31. The fraction of sp³-hybridized carbons (Fsp3) is 0.625. The van der Waals surface area contributed by atoms with Crippen LogP contribution in [0, 0.1) is 0 Å². The van der Waals surface area contributed by atoms with Crippen molar-refractivity contribution >= 4 is 0 Å². The summed E-state index contributed by atoms with van der Waals surface area (Å²) in [6, 6.07) is 9.04. The normalized spacial score (nSPS) is 14.7. The summed E-state index contributed by atoms with van der Waals surface area (Å²) in [6.45, 7) is 9.13. The predicted molar refractivity (Wildman–Crippen MR) is 81.5 cm³/mol. The third-order valence-corrected chi connectivity index (χ3v) is 3.62. The molecular formula is C16H28N2O. The summed E-state index contributed by atoms with van der Waals surface area (Å²) in [5.41, 5.74) is 7.19. The van der Waals surface area contributed by atoms with Gasteiger partial charge in [-0.3, -0.25) is 4.90 Å². The molecular weight excluding hydrogens is 236 g/mol. The van der Waals surface area contributed by atoms with Crippen molar-refractivity contribution in [1.82, 2.24) is 4.90 Å². The van der Waals surface area contributed by atoms with E-state index in [2.05, 4.69) is 37.9 Å². The van der Waals surface area contributed by atoms with Crippen LogP contribution in [0.5, 0.6) is 5.75 Å². The first-order chi connectivity index (χ1) is 8.99. The number of benzene rings is 1. The van der Waals surface area contributed by atoms with Crippen molar-refractivity contribution in [3.05, 3.63) is 29.8 Å². The molecule has 0 aliphatic heterocycles. The zero-order valence-electron chi connectivity index (χ0n) is 12.9. The van der Waals surface area contributed by atoms with Crippen LogP contribution in [0.4, 0.5) is 0 Å². The van der Waals surface area contributed by atoms with Crippen LogP contribution in [0.15, 0.2) is 24.3 Å². The van der Waals surface area contributed by atoms with Gasteiger partial charge in [0.2, 0.25) is 0 Å². The minimum Gasteiger partial charge on any atom is -0.491 e. The number of nitrogens with zero attached hydrogens (tertiary/aromatic N) is 1. The Kier molecular flexibility index (Phi) is 6.32. The zero-order valence-corrected chi connectivity index (χ0v) is 12.9. The Hall–Kier alpha value is -1.06. The van der Waals surface area contributed by atoms with E-state index in [-0.39, 0.29) is 12.1 Å². The Labute approximate surface area is 117 Å². The van der Waals surface area contributed by atoms with Gasteiger partial charge in [0.05, 0.1) is 6.10 Å². The summed E-state index contributed by atoms with van der Waals surface area (Å²) >= 11 is 0. The molecule has 0 saturated heterocycles. The van der Waals surface area contributed by atoms with Gasteiger partial charge in [0, 0.05) is 18.6 Å². The van der Waals surface area contributed by atoms with Gasteiger partial charge in [-0.25, -0.2) is 0 Å². The van der Waals surface area contributed by atoms with E-state index >= 15 is 0 Å². The summed E-state index contributed by atoms with van der Waals surface area (Å²) in [4.78, 5) is 2.34. The van der Waals surface area contributed by atoms with Crippen molar-refractivity contribution in [2.45, 2.75) is 52.3 Å². The number of rotatable bonds is 7. The monoisotopic (exact) mass is 264 g/mol. The lowest BCUT2D eigenvalue weighted by atomic mass is 10.0. The molecule has 0 spiro atoms. The van der Waals surface area contributed by atoms with Crippen molar-refractivity contribution in [2.75, 3.05) is 13.6 Å². The van der Waals surface area contributed by atoms with Crippen molar-refractivity contribution < 1.29 is 4.74 Å². The van der Waals surface area contributed by atoms with E-state index in [1.807, 2.05) is 26.0 Å². The molecule has 0 saturated carbocycles. The number of hydrogen-bond donors (Lipinski definition) is 1. The Morgan fingerprint density at radius 1 is 1.26 bits per heavy atom. The minimum atomic E-state index is 0.193. The van der Waals surface area contributed by atoms with Crippen molar-refractivity contribution in [3.63, 3.8) is 0 Å². The van der Waals surface area contributed by atoms with Gasteiger partial charge in [0.15, 0.2) is 0 Å². The third-order valence-electron chi connectivity index (χ3n) is 3.62. The highest BCUT2D eigenvalue weighted by molar-refractivity contribution is 5.31. The molecule has 3 heteroatoms. The molecule has 0 aliphatic carbocycles. The molecule has 1 rings (SSSR count). The van der Waals surface area contributed by atoms with E-state index in [0.717, 1.165) is 12.2 Å². The number of nitrogens with two attached hydrogens (primary N) is 1. The average molecular weight is 264 g/mol. The smallest absolute Gasteiger partial charge is 0.120 e. The van der Waals surface area contributed by atoms with Crippen LogP contribution in [0.1, 0.15) is 45.7 Å². The van der Waals surface area contributed by atoms with Gasteiger partial charge >= 0.3 is 0 Å². The van der Waals surface area contributed by atoms with Gasteiger partial charge in [-0.15, -0.1) is 0 Å². The van der Waals surface area contributed by atoms with Gasteiger partial charge in [-0.2, -0.15) is 0 Å². The molecule has 0 aromatic heterocycles. The maximum Gasteiger partial charge on any atom is 0.120 e. The number of likely N-dealkylation sites (N-methyl/N-ethyl adjacent to an activating group) is 1. The van der Waals surface area contributed by atoms with E-state index in [9.17, 15) is 0 Å². The molecule has 0 radical (unpaired) electrons. The highest BCUT2D eigenvalue weighted by Crippen LogP contribution is 2.25. The van der Waals surface area contributed by atoms with E-state index in [1.54, 1.807) is 0 Å². The minimum absolute atomic E-state index is 0.193. The van der Waals surface area contributed by atoms with Gasteiger partial charge in [0.1, 0.15) is 5.75 Å². The van der Waals surface area contributed by atoms with Crippen LogP contribution in [0.3, 0.4) is 0 Å². The van der Waals surface area contributed by atoms with Gasteiger partial charge in [0.25, 0.3) is 0 Å². The second-order valence-corrected chi connectivity index (χ2v) is 5.41. The van der Waals surface area contributed by atoms with E-state index in [4.69, 9.17) is 10.5 Å². The molecule has 1 aromatic rings. The van der Waals surface area contributed by atoms with Gasteiger partial charge in [-0.05, 0) is 51.9 Å². The Morgan fingerprint density at radius 2 is 1.95 bits per heavy atom. The second-order valence-electron chi connectivity index (χ2n) is 5.41. The van der Waals surface area contributed by atoms with Crippen molar-refractivity contribution in [1.29, 1.82) is 0 Å². The molecule has 3 nitrogen and oxygen atoms in total. The molecule has 2 atom stereocenters.